The summed E-state index contributed by atoms with van der Waals surface area (Å²) in [6.45, 7) is 5.82. The Morgan fingerprint density at radius 2 is 2.04 bits per heavy atom. The maximum atomic E-state index is 12.6. The first kappa shape index (κ1) is 17.2. The molecular formula is C19H26N6O. The number of likely N-dealkylation sites (N-methyl/N-ethyl adjacent to an activating group) is 1. The number of piperazine rings is 1. The van der Waals surface area contributed by atoms with Gasteiger partial charge in [0.1, 0.15) is 5.82 Å². The van der Waals surface area contributed by atoms with Gasteiger partial charge in [0.25, 0.3) is 0 Å². The van der Waals surface area contributed by atoms with Crippen LogP contribution in [-0.2, 0) is 4.79 Å². The molecule has 2 fully saturated rings. The van der Waals surface area contributed by atoms with Crippen molar-refractivity contribution >= 4 is 11.6 Å². The number of nitrogens with one attached hydrogen (secondary N) is 2. The Kier molecular flexibility index (Phi) is 4.74. The number of aromatic amines is 1. The summed E-state index contributed by atoms with van der Waals surface area (Å²) in [6, 6.07) is 7.61. The zero-order chi connectivity index (χ0) is 18.1. The zero-order valence-electron chi connectivity index (χ0n) is 15.4. The van der Waals surface area contributed by atoms with Crippen LogP contribution in [0.15, 0.2) is 24.3 Å². The number of aromatic nitrogens is 3. The topological polar surface area (TPSA) is 77.1 Å². The SMILES string of the molecule is C[C@@H](C(=O)Nc1cccc(-c2n[nH]c(C3CC3)n2)c1)N1CCN(C)CC1. The Bertz CT molecular complexity index is 776. The molecule has 26 heavy (non-hydrogen) atoms. The molecule has 1 aliphatic carbocycles. The largest absolute Gasteiger partial charge is 0.325 e. The van der Waals surface area contributed by atoms with E-state index in [1.165, 1.54) is 12.8 Å². The van der Waals surface area contributed by atoms with Crippen LogP contribution < -0.4 is 5.32 Å². The number of hydrogen-bond acceptors (Lipinski definition) is 5. The summed E-state index contributed by atoms with van der Waals surface area (Å²) in [6.07, 6.45) is 2.38. The van der Waals surface area contributed by atoms with Gasteiger partial charge in [-0.3, -0.25) is 14.8 Å². The van der Waals surface area contributed by atoms with Crippen LogP contribution in [0.4, 0.5) is 5.69 Å². The molecule has 0 radical (unpaired) electrons. The maximum absolute atomic E-state index is 12.6. The lowest BCUT2D eigenvalue weighted by Gasteiger charge is -2.35. The van der Waals surface area contributed by atoms with Gasteiger partial charge in [-0.15, -0.1) is 0 Å². The molecule has 2 aromatic rings. The summed E-state index contributed by atoms with van der Waals surface area (Å²) in [5, 5.41) is 10.4. The van der Waals surface area contributed by atoms with Crippen LogP contribution in [0.2, 0.25) is 0 Å². The predicted molar refractivity (Wildman–Crippen MR) is 101 cm³/mol. The van der Waals surface area contributed by atoms with Gasteiger partial charge in [0.05, 0.1) is 6.04 Å². The quantitative estimate of drug-likeness (QED) is 0.858. The van der Waals surface area contributed by atoms with Crippen LogP contribution in [0.25, 0.3) is 11.4 Å². The third-order valence-corrected chi connectivity index (χ3v) is 5.32. The van der Waals surface area contributed by atoms with Gasteiger partial charge in [-0.05, 0) is 38.9 Å². The maximum Gasteiger partial charge on any atom is 0.241 e. The molecule has 1 atom stereocenters. The number of amides is 1. The van der Waals surface area contributed by atoms with E-state index in [2.05, 4.69) is 37.3 Å². The number of nitrogens with zero attached hydrogens (tertiary/aromatic N) is 4. The summed E-state index contributed by atoms with van der Waals surface area (Å²) in [5.41, 5.74) is 1.70. The molecule has 2 aliphatic rings. The van der Waals surface area contributed by atoms with E-state index >= 15 is 0 Å². The second-order valence-corrected chi connectivity index (χ2v) is 7.40. The first-order chi connectivity index (χ1) is 12.6. The molecular weight excluding hydrogens is 328 g/mol. The fraction of sp³-hybridized carbons (Fsp3) is 0.526. The summed E-state index contributed by atoms with van der Waals surface area (Å²) in [4.78, 5) is 21.7. The van der Waals surface area contributed by atoms with Crippen LogP contribution in [0.5, 0.6) is 0 Å². The normalized spacial score (nSPS) is 20.1. The fourth-order valence-corrected chi connectivity index (χ4v) is 3.30. The van der Waals surface area contributed by atoms with E-state index in [4.69, 9.17) is 0 Å². The minimum atomic E-state index is -0.141. The average molecular weight is 354 g/mol. The van der Waals surface area contributed by atoms with Gasteiger partial charge in [0.2, 0.25) is 5.91 Å². The Labute approximate surface area is 153 Å². The summed E-state index contributed by atoms with van der Waals surface area (Å²) in [7, 11) is 2.12. The molecule has 7 heteroatoms. The van der Waals surface area contributed by atoms with Crippen molar-refractivity contribution in [3.05, 3.63) is 30.1 Å². The van der Waals surface area contributed by atoms with Gasteiger partial charge in [-0.2, -0.15) is 5.10 Å². The van der Waals surface area contributed by atoms with E-state index < -0.39 is 0 Å². The zero-order valence-corrected chi connectivity index (χ0v) is 15.4. The van der Waals surface area contributed by atoms with Gasteiger partial charge >= 0.3 is 0 Å². The molecule has 1 saturated heterocycles. The molecule has 1 amide bonds. The lowest BCUT2D eigenvalue weighted by atomic mass is 10.1. The van der Waals surface area contributed by atoms with Gasteiger partial charge in [-0.25, -0.2) is 4.98 Å². The third-order valence-electron chi connectivity index (χ3n) is 5.32. The van der Waals surface area contributed by atoms with E-state index in [0.717, 1.165) is 43.3 Å². The van der Waals surface area contributed by atoms with Crippen molar-refractivity contribution in [1.29, 1.82) is 0 Å². The van der Waals surface area contributed by atoms with E-state index in [9.17, 15) is 4.79 Å². The van der Waals surface area contributed by atoms with Crippen LogP contribution in [-0.4, -0.2) is 70.2 Å². The van der Waals surface area contributed by atoms with Gasteiger partial charge in [-0.1, -0.05) is 12.1 Å². The van der Waals surface area contributed by atoms with Crippen LogP contribution in [0.1, 0.15) is 31.5 Å². The number of benzene rings is 1. The minimum absolute atomic E-state index is 0.0281. The standard InChI is InChI=1S/C19H26N6O/c1-13(25-10-8-24(2)9-11-25)19(26)20-16-5-3-4-15(12-16)18-21-17(22-23-18)14-6-7-14/h3-5,12-14H,6-11H2,1-2H3,(H,20,26)(H,21,22,23)/t13-/m0/s1. The number of hydrogen-bond donors (Lipinski definition) is 2. The van der Waals surface area contributed by atoms with Crippen molar-refractivity contribution in [3.8, 4) is 11.4 Å². The molecule has 1 aromatic heterocycles. The van der Waals surface area contributed by atoms with Crippen LogP contribution in [0, 0.1) is 0 Å². The van der Waals surface area contributed by atoms with E-state index in [1.807, 2.05) is 31.2 Å². The second-order valence-electron chi connectivity index (χ2n) is 7.40. The molecule has 0 spiro atoms. The molecule has 1 aromatic carbocycles. The fourth-order valence-electron chi connectivity index (χ4n) is 3.30. The smallest absolute Gasteiger partial charge is 0.241 e. The van der Waals surface area contributed by atoms with Gasteiger partial charge in [0.15, 0.2) is 5.82 Å². The highest BCUT2D eigenvalue weighted by atomic mass is 16.2. The van der Waals surface area contributed by atoms with Crippen LogP contribution in [0.3, 0.4) is 0 Å². The van der Waals surface area contributed by atoms with Crippen molar-refractivity contribution in [2.75, 3.05) is 38.5 Å². The summed E-state index contributed by atoms with van der Waals surface area (Å²) in [5.74, 6) is 2.23. The Morgan fingerprint density at radius 1 is 1.27 bits per heavy atom. The second kappa shape index (κ2) is 7.17. The highest BCUT2D eigenvalue weighted by Crippen LogP contribution is 2.38. The third kappa shape index (κ3) is 3.78. The molecule has 0 bridgehead atoms. The van der Waals surface area contributed by atoms with Crippen molar-refractivity contribution in [3.63, 3.8) is 0 Å². The lowest BCUT2D eigenvalue weighted by molar-refractivity contribution is -0.121. The molecule has 4 rings (SSSR count). The predicted octanol–water partition coefficient (Wildman–Crippen LogP) is 1.92. The van der Waals surface area contributed by atoms with Crippen molar-refractivity contribution in [2.24, 2.45) is 0 Å². The number of carbonyl (C=O) groups is 1. The molecule has 1 aliphatic heterocycles. The van der Waals surface area contributed by atoms with Gasteiger partial charge < -0.3 is 10.2 Å². The van der Waals surface area contributed by atoms with E-state index in [-0.39, 0.29) is 11.9 Å². The molecule has 138 valence electrons. The van der Waals surface area contributed by atoms with Crippen molar-refractivity contribution in [1.82, 2.24) is 25.0 Å². The molecule has 0 unspecified atom stereocenters. The van der Waals surface area contributed by atoms with Crippen LogP contribution >= 0.6 is 0 Å². The molecule has 7 nitrogen and oxygen atoms in total. The summed E-state index contributed by atoms with van der Waals surface area (Å²) < 4.78 is 0. The van der Waals surface area contributed by atoms with Gasteiger partial charge in [0, 0.05) is 43.3 Å². The number of carbonyl (C=O) groups excluding carboxylic acids is 1. The number of anilines is 1. The van der Waals surface area contributed by atoms with E-state index in [1.54, 1.807) is 0 Å². The van der Waals surface area contributed by atoms with Crippen molar-refractivity contribution in [2.45, 2.75) is 31.7 Å². The monoisotopic (exact) mass is 354 g/mol. The number of H-pyrrole nitrogens is 1. The summed E-state index contributed by atoms with van der Waals surface area (Å²) >= 11 is 0. The Morgan fingerprint density at radius 3 is 2.77 bits per heavy atom. The Balaban J connectivity index is 1.42. The molecule has 1 saturated carbocycles. The van der Waals surface area contributed by atoms with Crippen molar-refractivity contribution < 1.29 is 4.79 Å². The minimum Gasteiger partial charge on any atom is -0.325 e. The first-order valence-electron chi connectivity index (χ1n) is 9.36. The average Bonchev–Trinajstić information content (AvgIpc) is 3.39. The molecule has 2 N–H and O–H groups in total. The molecule has 2 heterocycles. The highest BCUT2D eigenvalue weighted by Gasteiger charge is 2.27. The highest BCUT2D eigenvalue weighted by molar-refractivity contribution is 5.95. The first-order valence-corrected chi connectivity index (χ1v) is 9.36. The number of rotatable bonds is 5. The Hall–Kier alpha value is -2.25. The lowest BCUT2D eigenvalue weighted by Crippen LogP contribution is -2.51. The van der Waals surface area contributed by atoms with E-state index in [0.29, 0.717) is 11.7 Å².